The van der Waals surface area contributed by atoms with E-state index in [1.54, 1.807) is 42.0 Å². The monoisotopic (exact) mass is 484 g/mol. The molecule has 0 amide bonds. The Bertz CT molecular complexity index is 1220. The summed E-state index contributed by atoms with van der Waals surface area (Å²) >= 11 is 0. The summed E-state index contributed by atoms with van der Waals surface area (Å²) in [4.78, 5) is 17.0. The van der Waals surface area contributed by atoms with Crippen LogP contribution in [0.2, 0.25) is 0 Å². The Kier molecular flexibility index (Phi) is 8.90. The van der Waals surface area contributed by atoms with Crippen molar-refractivity contribution in [2.24, 2.45) is 4.99 Å². The van der Waals surface area contributed by atoms with Gasteiger partial charge in [0, 0.05) is 42.4 Å². The highest BCUT2D eigenvalue weighted by Crippen LogP contribution is 2.25. The summed E-state index contributed by atoms with van der Waals surface area (Å²) in [6, 6.07) is 0. The molecule has 0 fully saturated rings. The Morgan fingerprint density at radius 1 is 1.34 bits per heavy atom. The third-order valence-corrected chi connectivity index (χ3v) is 5.33. The number of halogens is 3. The van der Waals surface area contributed by atoms with Gasteiger partial charge in [0.2, 0.25) is 5.88 Å². The number of ether oxygens (including phenoxy) is 1. The number of rotatable bonds is 10. The smallest absolute Gasteiger partial charge is 0.477 e. The zero-order chi connectivity index (χ0) is 25.3. The SMILES string of the molecule is C=C(/C=C\c1cnn(CCCOC2=CC#CCC=N2)c(=O)c1CC)C1=CC=C(NC(F)(F)F)CC1. The first-order valence-corrected chi connectivity index (χ1v) is 11.3. The molecule has 9 heteroatoms. The Labute approximate surface area is 202 Å². The van der Waals surface area contributed by atoms with Gasteiger partial charge in [-0.15, -0.1) is 0 Å². The molecule has 0 aromatic carbocycles. The molecule has 184 valence electrons. The van der Waals surface area contributed by atoms with Crippen LogP contribution in [-0.2, 0) is 17.7 Å². The van der Waals surface area contributed by atoms with E-state index in [4.69, 9.17) is 4.74 Å². The molecule has 2 heterocycles. The molecule has 0 radical (unpaired) electrons. The molecule has 35 heavy (non-hydrogen) atoms. The molecule has 0 atom stereocenters. The first-order chi connectivity index (χ1) is 16.8. The molecule has 1 N–H and O–H groups in total. The van der Waals surface area contributed by atoms with Crippen LogP contribution in [0.3, 0.4) is 0 Å². The zero-order valence-electron chi connectivity index (χ0n) is 19.5. The molecule has 1 aliphatic heterocycles. The van der Waals surface area contributed by atoms with Crippen LogP contribution in [0.5, 0.6) is 0 Å². The maximum Gasteiger partial charge on any atom is 0.482 e. The van der Waals surface area contributed by atoms with Gasteiger partial charge in [-0.2, -0.15) is 18.3 Å². The third kappa shape index (κ3) is 7.88. The minimum Gasteiger partial charge on any atom is -0.477 e. The van der Waals surface area contributed by atoms with Crippen molar-refractivity contribution in [2.75, 3.05) is 6.61 Å². The lowest BCUT2D eigenvalue weighted by Gasteiger charge is -2.18. The van der Waals surface area contributed by atoms with E-state index in [-0.39, 0.29) is 17.7 Å². The molecule has 0 saturated heterocycles. The van der Waals surface area contributed by atoms with Crippen LogP contribution in [0.4, 0.5) is 13.2 Å². The highest BCUT2D eigenvalue weighted by atomic mass is 19.4. The van der Waals surface area contributed by atoms with Gasteiger partial charge in [-0.1, -0.05) is 43.6 Å². The van der Waals surface area contributed by atoms with Crippen LogP contribution in [0.25, 0.3) is 6.08 Å². The lowest BCUT2D eigenvalue weighted by Crippen LogP contribution is -2.31. The molecule has 0 unspecified atom stereocenters. The predicted molar refractivity (Wildman–Crippen MR) is 130 cm³/mol. The summed E-state index contributed by atoms with van der Waals surface area (Å²) in [5, 5.41) is 5.82. The quantitative estimate of drug-likeness (QED) is 0.224. The number of aliphatic imine (C=N–C) groups is 1. The summed E-state index contributed by atoms with van der Waals surface area (Å²) in [6.07, 6.45) is 9.48. The van der Waals surface area contributed by atoms with E-state index in [1.165, 1.54) is 10.8 Å². The third-order valence-electron chi connectivity index (χ3n) is 5.33. The van der Waals surface area contributed by atoms with Gasteiger partial charge in [0.25, 0.3) is 5.56 Å². The lowest BCUT2D eigenvalue weighted by molar-refractivity contribution is -0.150. The number of nitrogens with one attached hydrogen (secondary N) is 1. The second-order valence-electron chi connectivity index (χ2n) is 7.85. The van der Waals surface area contributed by atoms with Crippen molar-refractivity contribution in [3.63, 3.8) is 0 Å². The van der Waals surface area contributed by atoms with E-state index in [1.807, 2.05) is 6.92 Å². The second kappa shape index (κ2) is 12.1. The number of nitrogens with zero attached hydrogens (tertiary/aromatic N) is 3. The first kappa shape index (κ1) is 25.8. The topological polar surface area (TPSA) is 68.5 Å². The van der Waals surface area contributed by atoms with E-state index in [9.17, 15) is 18.0 Å². The maximum atomic E-state index is 12.9. The molecule has 0 saturated carbocycles. The van der Waals surface area contributed by atoms with E-state index in [0.717, 1.165) is 5.57 Å². The average molecular weight is 485 g/mol. The van der Waals surface area contributed by atoms with Crippen molar-refractivity contribution in [1.29, 1.82) is 0 Å². The van der Waals surface area contributed by atoms with Crippen LogP contribution in [0, 0.1) is 11.8 Å². The fourth-order valence-corrected chi connectivity index (χ4v) is 3.55. The predicted octanol–water partition coefficient (Wildman–Crippen LogP) is 4.81. The number of hydrogen-bond donors (Lipinski definition) is 1. The normalized spacial score (nSPS) is 15.5. The fraction of sp³-hybridized carbons (Fsp3) is 0.346. The van der Waals surface area contributed by atoms with Crippen LogP contribution in [-0.4, -0.2) is 28.9 Å². The van der Waals surface area contributed by atoms with Crippen molar-refractivity contribution in [3.8, 4) is 11.8 Å². The Morgan fingerprint density at radius 3 is 2.89 bits per heavy atom. The van der Waals surface area contributed by atoms with Gasteiger partial charge in [-0.05, 0) is 36.5 Å². The van der Waals surface area contributed by atoms with Gasteiger partial charge in [0.1, 0.15) is 0 Å². The van der Waals surface area contributed by atoms with Gasteiger partial charge < -0.3 is 10.1 Å². The van der Waals surface area contributed by atoms with Crippen molar-refractivity contribution in [2.45, 2.75) is 51.9 Å². The van der Waals surface area contributed by atoms with Crippen molar-refractivity contribution >= 4 is 12.3 Å². The summed E-state index contributed by atoms with van der Waals surface area (Å²) in [6.45, 7) is 6.70. The highest BCUT2D eigenvalue weighted by molar-refractivity contribution is 5.63. The molecule has 0 bridgehead atoms. The zero-order valence-corrected chi connectivity index (χ0v) is 19.5. The highest BCUT2D eigenvalue weighted by Gasteiger charge is 2.28. The van der Waals surface area contributed by atoms with Gasteiger partial charge in [0.15, 0.2) is 0 Å². The van der Waals surface area contributed by atoms with E-state index in [0.29, 0.717) is 61.4 Å². The Morgan fingerprint density at radius 2 is 2.17 bits per heavy atom. The average Bonchev–Trinajstić information content (AvgIpc) is 3.09. The van der Waals surface area contributed by atoms with Gasteiger partial charge >= 0.3 is 6.30 Å². The minimum absolute atomic E-state index is 0.122. The molecule has 6 nitrogen and oxygen atoms in total. The summed E-state index contributed by atoms with van der Waals surface area (Å²) < 4.78 is 44.4. The van der Waals surface area contributed by atoms with Gasteiger partial charge in [-0.3, -0.25) is 4.79 Å². The molecule has 1 aromatic heterocycles. The largest absolute Gasteiger partial charge is 0.482 e. The number of hydrogen-bond acceptors (Lipinski definition) is 5. The van der Waals surface area contributed by atoms with E-state index >= 15 is 0 Å². The molecule has 2 aliphatic rings. The molecular weight excluding hydrogens is 457 g/mol. The summed E-state index contributed by atoms with van der Waals surface area (Å²) in [7, 11) is 0. The fourth-order valence-electron chi connectivity index (χ4n) is 3.55. The number of alkyl halides is 3. The molecular formula is C26H27F3N4O2. The van der Waals surface area contributed by atoms with Crippen molar-refractivity contribution in [3.05, 3.63) is 81.3 Å². The number of aryl methyl sites for hydroxylation is 1. The lowest BCUT2D eigenvalue weighted by atomic mass is 9.95. The maximum absolute atomic E-state index is 12.9. The number of aromatic nitrogens is 2. The van der Waals surface area contributed by atoms with E-state index < -0.39 is 6.30 Å². The summed E-state index contributed by atoms with van der Waals surface area (Å²) in [5.74, 6) is 6.20. The van der Waals surface area contributed by atoms with Crippen LogP contribution < -0.4 is 10.9 Å². The van der Waals surface area contributed by atoms with Gasteiger partial charge in [0.05, 0.1) is 18.9 Å². The van der Waals surface area contributed by atoms with Crippen molar-refractivity contribution in [1.82, 2.24) is 15.1 Å². The summed E-state index contributed by atoms with van der Waals surface area (Å²) in [5.41, 5.74) is 2.79. The molecule has 3 rings (SSSR count). The molecule has 1 aromatic rings. The number of allylic oxidation sites excluding steroid dienone is 7. The molecule has 0 spiro atoms. The van der Waals surface area contributed by atoms with Crippen molar-refractivity contribution < 1.29 is 17.9 Å². The van der Waals surface area contributed by atoms with Crippen LogP contribution in [0.1, 0.15) is 43.7 Å². The minimum atomic E-state index is -4.44. The second-order valence-corrected chi connectivity index (χ2v) is 7.85. The molecule has 1 aliphatic carbocycles. The Hall–Kier alpha value is -3.80. The standard InChI is InChI=1S/C26H27F3N4O2/c1-3-23-21(10-9-19(2)20-11-13-22(14-12-20)32-26(27,28)29)18-31-33(25(23)34)16-7-17-35-24-8-5-4-6-15-30-24/h8-11,13,15,18,32H,2-3,6-7,12,14,16-17H2,1H3/b10-9-. The Balaban J connectivity index is 1.60. The van der Waals surface area contributed by atoms with Crippen LogP contribution >= 0.6 is 0 Å². The van der Waals surface area contributed by atoms with E-state index in [2.05, 4.69) is 28.5 Å². The van der Waals surface area contributed by atoms with Crippen LogP contribution in [0.15, 0.2) is 69.6 Å². The first-order valence-electron chi connectivity index (χ1n) is 11.3. The van der Waals surface area contributed by atoms with Gasteiger partial charge in [-0.25, -0.2) is 9.67 Å².